The summed E-state index contributed by atoms with van der Waals surface area (Å²) in [5.74, 6) is -0.711. The fourth-order valence-electron chi connectivity index (χ4n) is 4.64. The van der Waals surface area contributed by atoms with Gasteiger partial charge in [0.05, 0.1) is 17.8 Å². The van der Waals surface area contributed by atoms with Crippen LogP contribution in [0.25, 0.3) is 11.8 Å². The number of esters is 1. The van der Waals surface area contributed by atoms with E-state index in [2.05, 4.69) is 35.8 Å². The number of rotatable bonds is 5. The average Bonchev–Trinajstić information content (AvgIpc) is 3.22. The number of benzene rings is 2. The van der Waals surface area contributed by atoms with Crippen LogP contribution in [-0.4, -0.2) is 23.1 Å². The number of ether oxygens (including phenoxy) is 1. The molecule has 180 valence electrons. The molecule has 2 aromatic carbocycles. The van der Waals surface area contributed by atoms with Gasteiger partial charge in [0.2, 0.25) is 0 Å². The lowest BCUT2D eigenvalue weighted by Crippen LogP contribution is -2.24. The zero-order valence-corrected chi connectivity index (χ0v) is 21.5. The molecule has 1 aromatic heterocycles. The fourth-order valence-corrected chi connectivity index (χ4v) is 4.64. The zero-order chi connectivity index (χ0) is 25.4. The molecule has 35 heavy (non-hydrogen) atoms. The predicted octanol–water partition coefficient (Wildman–Crippen LogP) is 6.29. The van der Waals surface area contributed by atoms with Crippen LogP contribution >= 0.6 is 0 Å². The summed E-state index contributed by atoms with van der Waals surface area (Å²) in [5, 5.41) is 0. The monoisotopic (exact) mass is 468 g/mol. The Morgan fingerprint density at radius 3 is 2.17 bits per heavy atom. The summed E-state index contributed by atoms with van der Waals surface area (Å²) >= 11 is 0. The Hall–Kier alpha value is -3.86. The molecule has 0 radical (unpaired) electrons. The maximum Gasteiger partial charge on any atom is 0.340 e. The van der Waals surface area contributed by atoms with Crippen LogP contribution in [0, 0.1) is 34.6 Å². The van der Waals surface area contributed by atoms with Crippen LogP contribution in [0.3, 0.4) is 0 Å². The highest BCUT2D eigenvalue weighted by atomic mass is 16.5. The van der Waals surface area contributed by atoms with E-state index in [0.29, 0.717) is 16.8 Å². The van der Waals surface area contributed by atoms with Crippen LogP contribution in [0.5, 0.6) is 0 Å². The van der Waals surface area contributed by atoms with Gasteiger partial charge in [-0.15, -0.1) is 0 Å². The lowest BCUT2D eigenvalue weighted by atomic mass is 10.0. The van der Waals surface area contributed by atoms with Crippen molar-refractivity contribution in [3.8, 4) is 5.69 Å². The van der Waals surface area contributed by atoms with Gasteiger partial charge in [0.1, 0.15) is 0 Å². The second kappa shape index (κ2) is 9.41. The molecule has 0 atom stereocenters. The van der Waals surface area contributed by atoms with Crippen molar-refractivity contribution in [2.45, 2.75) is 48.5 Å². The minimum Gasteiger partial charge on any atom is -0.462 e. The Morgan fingerprint density at radius 2 is 1.54 bits per heavy atom. The van der Waals surface area contributed by atoms with E-state index in [9.17, 15) is 9.59 Å². The van der Waals surface area contributed by atoms with Gasteiger partial charge in [-0.1, -0.05) is 23.8 Å². The third kappa shape index (κ3) is 4.34. The number of aromatic nitrogens is 1. The highest BCUT2D eigenvalue weighted by Gasteiger charge is 2.38. The van der Waals surface area contributed by atoms with E-state index in [-0.39, 0.29) is 12.5 Å². The number of aryl methyl sites for hydroxylation is 4. The number of hydrogen-bond acceptors (Lipinski definition) is 3. The van der Waals surface area contributed by atoms with Crippen molar-refractivity contribution in [1.29, 1.82) is 0 Å². The lowest BCUT2D eigenvalue weighted by Gasteiger charge is -2.19. The Morgan fingerprint density at radius 1 is 0.886 bits per heavy atom. The smallest absolute Gasteiger partial charge is 0.340 e. The fraction of sp³-hybridized carbons (Fsp3) is 0.267. The van der Waals surface area contributed by atoms with Gasteiger partial charge in [-0.05, 0) is 102 Å². The van der Waals surface area contributed by atoms with Crippen molar-refractivity contribution in [1.82, 2.24) is 4.57 Å². The topological polar surface area (TPSA) is 51.5 Å². The number of allylic oxidation sites excluding steroid dienone is 1. The van der Waals surface area contributed by atoms with E-state index in [0.717, 1.165) is 39.5 Å². The molecule has 4 rings (SSSR count). The van der Waals surface area contributed by atoms with Gasteiger partial charge in [-0.2, -0.15) is 0 Å². The molecule has 0 fully saturated rings. The second-order valence-electron chi connectivity index (χ2n) is 9.15. The number of carbonyl (C=O) groups excluding carboxylic acids is 2. The molecule has 1 aliphatic rings. The first-order valence-corrected chi connectivity index (χ1v) is 11.9. The van der Waals surface area contributed by atoms with Gasteiger partial charge < -0.3 is 9.30 Å². The van der Waals surface area contributed by atoms with Crippen LogP contribution in [0.4, 0.5) is 5.69 Å². The molecule has 5 heteroatoms. The molecule has 0 unspecified atom stereocenters. The van der Waals surface area contributed by atoms with Gasteiger partial charge in [-0.25, -0.2) is 4.79 Å². The third-order valence-corrected chi connectivity index (χ3v) is 6.69. The molecule has 0 N–H and O–H groups in total. The van der Waals surface area contributed by atoms with Crippen LogP contribution in [0.2, 0.25) is 0 Å². The van der Waals surface area contributed by atoms with E-state index in [1.54, 1.807) is 18.7 Å². The summed E-state index contributed by atoms with van der Waals surface area (Å²) in [6.07, 6.45) is 1.83. The zero-order valence-electron chi connectivity index (χ0n) is 21.5. The summed E-state index contributed by atoms with van der Waals surface area (Å²) in [6.45, 7) is 14.0. The maximum absolute atomic E-state index is 13.7. The number of carbonyl (C=O) groups is 2. The van der Waals surface area contributed by atoms with E-state index < -0.39 is 5.97 Å². The van der Waals surface area contributed by atoms with Crippen molar-refractivity contribution >= 4 is 23.6 Å². The normalized spacial score (nSPS) is 14.9. The lowest BCUT2D eigenvalue weighted by molar-refractivity contribution is -0.138. The average molecular weight is 469 g/mol. The minimum absolute atomic E-state index is 0.228. The molecule has 0 bridgehead atoms. The molecular formula is C30H32N2O3. The molecular weight excluding hydrogens is 436 g/mol. The number of nitrogens with zero attached hydrogens (tertiary/aromatic N) is 2. The summed E-state index contributed by atoms with van der Waals surface area (Å²) in [4.78, 5) is 28.4. The van der Waals surface area contributed by atoms with Crippen molar-refractivity contribution in [2.75, 3.05) is 11.5 Å². The first-order valence-electron chi connectivity index (χ1n) is 11.9. The molecule has 1 amide bonds. The summed E-state index contributed by atoms with van der Waals surface area (Å²) in [5.41, 5.74) is 9.41. The van der Waals surface area contributed by atoms with Gasteiger partial charge in [0.15, 0.2) is 0 Å². The summed E-state index contributed by atoms with van der Waals surface area (Å²) in [6, 6.07) is 16.3. The maximum atomic E-state index is 13.7. The van der Waals surface area contributed by atoms with Crippen LogP contribution in [0.1, 0.15) is 47.5 Å². The Bertz CT molecular complexity index is 1390. The largest absolute Gasteiger partial charge is 0.462 e. The molecule has 3 aromatic rings. The molecule has 0 saturated carbocycles. The van der Waals surface area contributed by atoms with Gasteiger partial charge in [-0.3, -0.25) is 9.69 Å². The predicted molar refractivity (Wildman–Crippen MR) is 141 cm³/mol. The molecule has 0 aliphatic carbocycles. The number of anilines is 1. The first kappa shape index (κ1) is 24.3. The molecule has 2 heterocycles. The first-order chi connectivity index (χ1) is 16.6. The van der Waals surface area contributed by atoms with Crippen molar-refractivity contribution < 1.29 is 14.3 Å². The molecule has 1 aliphatic heterocycles. The standard InChI is InChI=1S/C30H32N2O3/c1-8-35-30(34)28-23(7)32(26-14-11-19(3)20(4)15-26)29(33)27(28)17-24-16-21(5)31(22(24)6)25-12-9-18(2)10-13-25/h9-17H,8H2,1-7H3. The van der Waals surface area contributed by atoms with E-state index in [4.69, 9.17) is 4.74 Å². The Labute approximate surface area is 207 Å². The third-order valence-electron chi connectivity index (χ3n) is 6.69. The van der Waals surface area contributed by atoms with Gasteiger partial charge in [0, 0.05) is 28.5 Å². The quantitative estimate of drug-likeness (QED) is 0.327. The highest BCUT2D eigenvalue weighted by Crippen LogP contribution is 2.37. The molecule has 5 nitrogen and oxygen atoms in total. The number of amides is 1. The van der Waals surface area contributed by atoms with Crippen molar-refractivity contribution in [2.24, 2.45) is 0 Å². The Balaban J connectivity index is 1.85. The minimum atomic E-state index is -0.483. The van der Waals surface area contributed by atoms with Crippen LogP contribution in [0.15, 0.2) is 65.4 Å². The van der Waals surface area contributed by atoms with Crippen LogP contribution < -0.4 is 4.90 Å². The Kier molecular flexibility index (Phi) is 6.53. The van der Waals surface area contributed by atoms with Crippen molar-refractivity contribution in [3.63, 3.8) is 0 Å². The summed E-state index contributed by atoms with van der Waals surface area (Å²) in [7, 11) is 0. The highest BCUT2D eigenvalue weighted by molar-refractivity contribution is 6.23. The van der Waals surface area contributed by atoms with E-state index >= 15 is 0 Å². The van der Waals surface area contributed by atoms with Gasteiger partial charge >= 0.3 is 5.97 Å². The summed E-state index contributed by atoms with van der Waals surface area (Å²) < 4.78 is 7.52. The van der Waals surface area contributed by atoms with E-state index in [1.165, 1.54) is 5.56 Å². The SMILES string of the molecule is CCOC(=O)C1=C(C)N(c2ccc(C)c(C)c2)C(=O)C1=Cc1cc(C)n(-c2ccc(C)cc2)c1C. The molecule has 0 spiro atoms. The van der Waals surface area contributed by atoms with Crippen LogP contribution in [-0.2, 0) is 14.3 Å². The van der Waals surface area contributed by atoms with Gasteiger partial charge in [0.25, 0.3) is 5.91 Å². The number of hydrogen-bond donors (Lipinski definition) is 0. The second-order valence-corrected chi connectivity index (χ2v) is 9.15. The van der Waals surface area contributed by atoms with E-state index in [1.807, 2.05) is 58.0 Å². The molecule has 0 saturated heterocycles. The van der Waals surface area contributed by atoms with Crippen molar-refractivity contribution in [3.05, 3.63) is 99.0 Å².